The van der Waals surface area contributed by atoms with Crippen LogP contribution in [0.4, 0.5) is 11.4 Å². The lowest BCUT2D eigenvalue weighted by Crippen LogP contribution is -2.72. The quantitative estimate of drug-likeness (QED) is 0.276. The van der Waals surface area contributed by atoms with Gasteiger partial charge in [0.15, 0.2) is 5.41 Å². The van der Waals surface area contributed by atoms with Crippen LogP contribution in [-0.4, -0.2) is 45.5 Å². The van der Waals surface area contributed by atoms with E-state index in [0.717, 1.165) is 15.5 Å². The highest BCUT2D eigenvalue weighted by molar-refractivity contribution is 7.80. The Hall–Kier alpha value is -4.28. The third-order valence-electron chi connectivity index (χ3n) is 6.63. The Balaban J connectivity index is 1.83. The molecular formula is C28H25ClN4O5S. The molecule has 3 amide bonds. The molecule has 4 rings (SSSR count). The first-order chi connectivity index (χ1) is 18.6. The van der Waals surface area contributed by atoms with Gasteiger partial charge in [-0.3, -0.25) is 29.5 Å². The first kappa shape index (κ1) is 27.7. The predicted octanol–water partition coefficient (Wildman–Crippen LogP) is 4.27. The number of hydrazine groups is 1. The molecule has 0 radical (unpaired) electrons. The maximum Gasteiger partial charge on any atom is 0.307 e. The molecule has 0 saturated carbocycles. The smallest absolute Gasteiger partial charge is 0.307 e. The number of benzene rings is 3. The van der Waals surface area contributed by atoms with Crippen molar-refractivity contribution in [2.75, 3.05) is 16.8 Å². The van der Waals surface area contributed by atoms with E-state index in [1.165, 1.54) is 19.1 Å². The Morgan fingerprint density at radius 2 is 1.59 bits per heavy atom. The van der Waals surface area contributed by atoms with Crippen LogP contribution in [0, 0.1) is 18.3 Å². The number of carboxylic acids is 1. The second kappa shape index (κ2) is 11.2. The molecule has 3 aromatic rings. The Bertz CT molecular complexity index is 1450. The number of carbonyl (C=O) groups is 4. The number of aliphatic carboxylic acids is 1. The number of para-hydroxylation sites is 1. The largest absolute Gasteiger partial charge is 0.481 e. The number of nitrogens with zero attached hydrogens (tertiary/aromatic N) is 2. The van der Waals surface area contributed by atoms with Crippen molar-refractivity contribution in [3.8, 4) is 0 Å². The van der Waals surface area contributed by atoms with Gasteiger partial charge in [-0.05, 0) is 55.5 Å². The van der Waals surface area contributed by atoms with Crippen molar-refractivity contribution < 1.29 is 24.3 Å². The molecule has 2 atom stereocenters. The summed E-state index contributed by atoms with van der Waals surface area (Å²) in [6.07, 6.45) is 0. The van der Waals surface area contributed by atoms with Crippen molar-refractivity contribution in [3.05, 3.63) is 95.0 Å². The molecule has 39 heavy (non-hydrogen) atoms. The number of halogens is 1. The summed E-state index contributed by atoms with van der Waals surface area (Å²) < 4.78 is 0. The normalized spacial score (nSPS) is 18.1. The van der Waals surface area contributed by atoms with Crippen LogP contribution in [0.25, 0.3) is 0 Å². The average molecular weight is 565 g/mol. The molecule has 11 heteroatoms. The molecule has 1 aliphatic heterocycles. The minimum Gasteiger partial charge on any atom is -0.481 e. The van der Waals surface area contributed by atoms with E-state index >= 15 is 0 Å². The van der Waals surface area contributed by atoms with Crippen molar-refractivity contribution in [1.82, 2.24) is 10.4 Å². The van der Waals surface area contributed by atoms with E-state index in [2.05, 4.69) is 10.7 Å². The Morgan fingerprint density at radius 1 is 0.974 bits per heavy atom. The summed E-state index contributed by atoms with van der Waals surface area (Å²) in [5.41, 5.74) is 2.19. The summed E-state index contributed by atoms with van der Waals surface area (Å²) >= 11 is 11.7. The minimum atomic E-state index is -2.19. The minimum absolute atomic E-state index is 0.0626. The molecule has 0 aromatic heterocycles. The molecule has 1 heterocycles. The van der Waals surface area contributed by atoms with Gasteiger partial charge in [-0.1, -0.05) is 66.6 Å². The summed E-state index contributed by atoms with van der Waals surface area (Å²) in [6, 6.07) is 21.6. The molecule has 0 spiro atoms. The van der Waals surface area contributed by atoms with Crippen molar-refractivity contribution in [3.63, 3.8) is 0 Å². The van der Waals surface area contributed by atoms with E-state index in [9.17, 15) is 24.3 Å². The van der Waals surface area contributed by atoms with Crippen LogP contribution in [0.5, 0.6) is 0 Å². The lowest BCUT2D eigenvalue weighted by molar-refractivity contribution is -0.162. The van der Waals surface area contributed by atoms with E-state index in [-0.39, 0.29) is 22.2 Å². The molecule has 3 aromatic carbocycles. The molecule has 200 valence electrons. The topological polar surface area (TPSA) is 119 Å². The number of carbonyl (C=O) groups excluding carboxylic acids is 3. The third-order valence-corrected chi connectivity index (χ3v) is 7.33. The molecule has 1 fully saturated rings. The fraction of sp³-hybridized carbons (Fsp3) is 0.179. The summed E-state index contributed by atoms with van der Waals surface area (Å²) in [5, 5.41) is 13.7. The SMILES string of the molecule is Cc1ccc(NCC2(C(C)C(=O)O)C(=O)N(NC(=O)c3ccccc3Cl)C(=S)N(c3ccccc3)C2=O)cc1. The summed E-state index contributed by atoms with van der Waals surface area (Å²) in [6.45, 7) is 2.80. The van der Waals surface area contributed by atoms with Crippen LogP contribution in [0.1, 0.15) is 22.8 Å². The van der Waals surface area contributed by atoms with Gasteiger partial charge < -0.3 is 10.4 Å². The van der Waals surface area contributed by atoms with Gasteiger partial charge in [0.05, 0.1) is 22.2 Å². The van der Waals surface area contributed by atoms with E-state index in [4.69, 9.17) is 23.8 Å². The van der Waals surface area contributed by atoms with Crippen LogP contribution in [0.3, 0.4) is 0 Å². The van der Waals surface area contributed by atoms with Gasteiger partial charge in [0.1, 0.15) is 0 Å². The van der Waals surface area contributed by atoms with Crippen LogP contribution in [0.15, 0.2) is 78.9 Å². The Labute approximate surface area is 235 Å². The molecule has 0 bridgehead atoms. The number of carboxylic acid groups (broad SMARTS) is 1. The van der Waals surface area contributed by atoms with E-state index in [1.807, 2.05) is 19.1 Å². The monoisotopic (exact) mass is 564 g/mol. The average Bonchev–Trinajstić information content (AvgIpc) is 2.92. The summed E-state index contributed by atoms with van der Waals surface area (Å²) in [7, 11) is 0. The number of anilines is 2. The van der Waals surface area contributed by atoms with Crippen molar-refractivity contribution >= 4 is 64.0 Å². The highest BCUT2D eigenvalue weighted by atomic mass is 35.5. The zero-order valence-corrected chi connectivity index (χ0v) is 22.6. The molecule has 0 aliphatic carbocycles. The maximum absolute atomic E-state index is 14.2. The molecule has 9 nitrogen and oxygen atoms in total. The zero-order chi connectivity index (χ0) is 28.3. The number of thiocarbonyl (C=S) groups is 1. The highest BCUT2D eigenvalue weighted by Gasteiger charge is 2.62. The van der Waals surface area contributed by atoms with Gasteiger partial charge in [-0.15, -0.1) is 0 Å². The number of amides is 3. The van der Waals surface area contributed by atoms with Crippen molar-refractivity contribution in [1.29, 1.82) is 0 Å². The lowest BCUT2D eigenvalue weighted by atomic mass is 9.72. The molecule has 1 aliphatic rings. The van der Waals surface area contributed by atoms with Crippen LogP contribution in [-0.2, 0) is 14.4 Å². The highest BCUT2D eigenvalue weighted by Crippen LogP contribution is 2.39. The first-order valence-electron chi connectivity index (χ1n) is 11.9. The lowest BCUT2D eigenvalue weighted by Gasteiger charge is -2.46. The van der Waals surface area contributed by atoms with Crippen molar-refractivity contribution in [2.24, 2.45) is 11.3 Å². The van der Waals surface area contributed by atoms with Crippen LogP contribution < -0.4 is 15.6 Å². The summed E-state index contributed by atoms with van der Waals surface area (Å²) in [5.74, 6) is -5.46. The van der Waals surface area contributed by atoms with Gasteiger partial charge in [0, 0.05) is 12.2 Å². The van der Waals surface area contributed by atoms with E-state index in [1.54, 1.807) is 54.6 Å². The predicted molar refractivity (Wildman–Crippen MR) is 151 cm³/mol. The van der Waals surface area contributed by atoms with Gasteiger partial charge >= 0.3 is 5.97 Å². The molecule has 2 unspecified atom stereocenters. The number of rotatable bonds is 8. The van der Waals surface area contributed by atoms with Crippen LogP contribution in [0.2, 0.25) is 5.02 Å². The van der Waals surface area contributed by atoms with E-state index < -0.39 is 35.0 Å². The second-order valence-electron chi connectivity index (χ2n) is 9.07. The number of hydrogen-bond donors (Lipinski definition) is 3. The van der Waals surface area contributed by atoms with Gasteiger partial charge in [0.25, 0.3) is 17.7 Å². The molecule has 1 saturated heterocycles. The number of hydrogen-bond acceptors (Lipinski definition) is 6. The van der Waals surface area contributed by atoms with Crippen LogP contribution >= 0.6 is 23.8 Å². The fourth-order valence-corrected chi connectivity index (χ4v) is 4.81. The van der Waals surface area contributed by atoms with Gasteiger partial charge in [-0.2, -0.15) is 5.01 Å². The first-order valence-corrected chi connectivity index (χ1v) is 12.7. The third kappa shape index (κ3) is 5.21. The van der Waals surface area contributed by atoms with E-state index in [0.29, 0.717) is 11.4 Å². The number of aryl methyl sites for hydroxylation is 1. The van der Waals surface area contributed by atoms with Crippen molar-refractivity contribution in [2.45, 2.75) is 13.8 Å². The number of nitrogens with one attached hydrogen (secondary N) is 2. The second-order valence-corrected chi connectivity index (χ2v) is 9.84. The standard InChI is InChI=1S/C28H25ClN4O5S/c1-17-12-14-19(15-13-17)30-16-28(18(2)24(35)36)25(37)32(20-8-4-3-5-9-20)27(39)33(26(28)38)31-23(34)21-10-6-7-11-22(21)29/h3-15,18,30H,16H2,1-2H3,(H,31,34)(H,35,36). The molecule has 3 N–H and O–H groups in total. The fourth-order valence-electron chi connectivity index (χ4n) is 4.27. The summed E-state index contributed by atoms with van der Waals surface area (Å²) in [4.78, 5) is 55.0. The Kier molecular flexibility index (Phi) is 7.98. The van der Waals surface area contributed by atoms with Gasteiger partial charge in [-0.25, -0.2) is 0 Å². The maximum atomic E-state index is 14.2. The molecular weight excluding hydrogens is 540 g/mol. The Morgan fingerprint density at radius 3 is 2.21 bits per heavy atom. The van der Waals surface area contributed by atoms with Gasteiger partial charge in [0.2, 0.25) is 5.11 Å². The zero-order valence-electron chi connectivity index (χ0n) is 21.1.